The smallest absolute Gasteiger partial charge is 0.126 e. The van der Waals surface area contributed by atoms with Crippen molar-refractivity contribution < 1.29 is 4.39 Å². The standard InChI is InChI=1S/C13H11Cl2FS/c1-8-7-17-13(12(8)15)10(14)6-9-4-2-3-5-11(9)16/h2-5,7,10H,6H2,1H3. The van der Waals surface area contributed by atoms with Gasteiger partial charge in [0.25, 0.3) is 0 Å². The summed E-state index contributed by atoms with van der Waals surface area (Å²) >= 11 is 14.0. The largest absolute Gasteiger partial charge is 0.207 e. The third kappa shape index (κ3) is 2.82. The Morgan fingerprint density at radius 1 is 1.35 bits per heavy atom. The quantitative estimate of drug-likeness (QED) is 0.666. The highest BCUT2D eigenvalue weighted by molar-refractivity contribution is 7.11. The van der Waals surface area contributed by atoms with Gasteiger partial charge in [0.05, 0.1) is 10.4 Å². The number of benzene rings is 1. The fraction of sp³-hybridized carbons (Fsp3) is 0.231. The number of hydrogen-bond donors (Lipinski definition) is 0. The average molecular weight is 289 g/mol. The van der Waals surface area contributed by atoms with Crippen LogP contribution in [0.5, 0.6) is 0 Å². The van der Waals surface area contributed by atoms with Gasteiger partial charge in [-0.15, -0.1) is 22.9 Å². The average Bonchev–Trinajstić information content (AvgIpc) is 2.63. The van der Waals surface area contributed by atoms with Gasteiger partial charge in [0.2, 0.25) is 0 Å². The zero-order valence-electron chi connectivity index (χ0n) is 9.21. The van der Waals surface area contributed by atoms with Crippen molar-refractivity contribution in [2.45, 2.75) is 18.7 Å². The van der Waals surface area contributed by atoms with Gasteiger partial charge in [-0.25, -0.2) is 4.39 Å². The molecule has 0 aliphatic carbocycles. The van der Waals surface area contributed by atoms with Crippen LogP contribution in [-0.2, 0) is 6.42 Å². The minimum absolute atomic E-state index is 0.220. The van der Waals surface area contributed by atoms with Crippen LogP contribution in [0.25, 0.3) is 0 Å². The molecule has 90 valence electrons. The summed E-state index contributed by atoms with van der Waals surface area (Å²) in [5.74, 6) is -0.220. The van der Waals surface area contributed by atoms with Crippen molar-refractivity contribution in [2.24, 2.45) is 0 Å². The Labute approximate surface area is 114 Å². The molecule has 0 nitrogen and oxygen atoms in total. The van der Waals surface area contributed by atoms with Gasteiger partial charge in [-0.05, 0) is 35.9 Å². The summed E-state index contributed by atoms with van der Waals surface area (Å²) in [7, 11) is 0. The van der Waals surface area contributed by atoms with Crippen molar-refractivity contribution in [1.82, 2.24) is 0 Å². The second kappa shape index (κ2) is 5.38. The molecule has 0 amide bonds. The maximum absolute atomic E-state index is 13.5. The Hall–Kier alpha value is -0.570. The van der Waals surface area contributed by atoms with Crippen LogP contribution in [0.3, 0.4) is 0 Å². The van der Waals surface area contributed by atoms with Gasteiger partial charge >= 0.3 is 0 Å². The summed E-state index contributed by atoms with van der Waals surface area (Å²) in [6, 6.07) is 6.67. The lowest BCUT2D eigenvalue weighted by Crippen LogP contribution is -1.97. The minimum atomic E-state index is -0.280. The van der Waals surface area contributed by atoms with Crippen LogP contribution < -0.4 is 0 Å². The first-order valence-electron chi connectivity index (χ1n) is 5.20. The van der Waals surface area contributed by atoms with Crippen LogP contribution in [0.1, 0.15) is 21.4 Å². The number of thiophene rings is 1. The Morgan fingerprint density at radius 3 is 2.65 bits per heavy atom. The lowest BCUT2D eigenvalue weighted by Gasteiger charge is -2.09. The van der Waals surface area contributed by atoms with Gasteiger partial charge in [-0.3, -0.25) is 0 Å². The summed E-state index contributed by atoms with van der Waals surface area (Å²) in [6.07, 6.45) is 0.452. The highest BCUT2D eigenvalue weighted by Crippen LogP contribution is 2.37. The van der Waals surface area contributed by atoms with E-state index in [9.17, 15) is 4.39 Å². The molecule has 0 N–H and O–H groups in total. The van der Waals surface area contributed by atoms with Crippen molar-refractivity contribution >= 4 is 34.5 Å². The predicted molar refractivity (Wildman–Crippen MR) is 72.8 cm³/mol. The van der Waals surface area contributed by atoms with Crippen molar-refractivity contribution in [3.05, 3.63) is 56.5 Å². The van der Waals surface area contributed by atoms with E-state index in [4.69, 9.17) is 23.2 Å². The molecule has 0 saturated carbocycles. The number of aryl methyl sites for hydroxylation is 1. The third-order valence-corrected chi connectivity index (χ3v) is 4.90. The Bertz CT molecular complexity index is 522. The zero-order chi connectivity index (χ0) is 12.4. The van der Waals surface area contributed by atoms with Crippen molar-refractivity contribution in [2.75, 3.05) is 0 Å². The van der Waals surface area contributed by atoms with E-state index in [-0.39, 0.29) is 11.2 Å². The SMILES string of the molecule is Cc1csc(C(Cl)Cc2ccccc2F)c1Cl. The molecule has 0 spiro atoms. The van der Waals surface area contributed by atoms with Gasteiger partial charge in [-0.1, -0.05) is 29.8 Å². The maximum atomic E-state index is 13.5. The van der Waals surface area contributed by atoms with E-state index in [1.54, 1.807) is 12.1 Å². The molecule has 0 radical (unpaired) electrons. The molecule has 2 rings (SSSR count). The van der Waals surface area contributed by atoms with E-state index in [2.05, 4.69) is 0 Å². The second-order valence-electron chi connectivity index (χ2n) is 3.86. The molecule has 0 bridgehead atoms. The molecule has 1 heterocycles. The summed E-state index contributed by atoms with van der Waals surface area (Å²) in [4.78, 5) is 0.911. The molecule has 0 fully saturated rings. The fourth-order valence-corrected chi connectivity index (χ4v) is 3.40. The first-order chi connectivity index (χ1) is 8.09. The molecule has 1 unspecified atom stereocenters. The molecule has 1 aromatic heterocycles. The minimum Gasteiger partial charge on any atom is -0.207 e. The van der Waals surface area contributed by atoms with Crippen LogP contribution in [0.4, 0.5) is 4.39 Å². The van der Waals surface area contributed by atoms with E-state index in [0.717, 1.165) is 10.4 Å². The summed E-state index contributed by atoms with van der Waals surface area (Å²) in [6.45, 7) is 1.94. The number of halogens is 3. The first-order valence-corrected chi connectivity index (χ1v) is 6.90. The molecule has 0 aliphatic heterocycles. The molecule has 2 aromatic rings. The summed E-state index contributed by atoms with van der Waals surface area (Å²) < 4.78 is 13.5. The Balaban J connectivity index is 2.20. The predicted octanol–water partition coefficient (Wildman–Crippen LogP) is 5.37. The molecule has 1 atom stereocenters. The molecule has 0 aliphatic rings. The fourth-order valence-electron chi connectivity index (χ4n) is 1.61. The number of hydrogen-bond acceptors (Lipinski definition) is 1. The molecule has 4 heteroatoms. The van der Waals surface area contributed by atoms with Gasteiger partial charge < -0.3 is 0 Å². The van der Waals surface area contributed by atoms with E-state index >= 15 is 0 Å². The van der Waals surface area contributed by atoms with Gasteiger partial charge in [0.1, 0.15) is 5.82 Å². The van der Waals surface area contributed by atoms with Crippen LogP contribution in [0.2, 0.25) is 5.02 Å². The zero-order valence-corrected chi connectivity index (χ0v) is 11.5. The van der Waals surface area contributed by atoms with Gasteiger partial charge in [-0.2, -0.15) is 0 Å². The van der Waals surface area contributed by atoms with E-state index in [1.165, 1.54) is 17.4 Å². The topological polar surface area (TPSA) is 0 Å². The Morgan fingerprint density at radius 2 is 2.06 bits per heavy atom. The van der Waals surface area contributed by atoms with Crippen LogP contribution in [-0.4, -0.2) is 0 Å². The van der Waals surface area contributed by atoms with Crippen LogP contribution in [0, 0.1) is 12.7 Å². The third-order valence-electron chi connectivity index (χ3n) is 2.57. The first kappa shape index (κ1) is 12.9. The lowest BCUT2D eigenvalue weighted by molar-refractivity contribution is 0.608. The second-order valence-corrected chi connectivity index (χ2v) is 5.68. The highest BCUT2D eigenvalue weighted by atomic mass is 35.5. The van der Waals surface area contributed by atoms with Crippen LogP contribution in [0.15, 0.2) is 29.6 Å². The molecular formula is C13H11Cl2FS. The summed E-state index contributed by atoms with van der Waals surface area (Å²) in [5.41, 5.74) is 1.64. The summed E-state index contributed by atoms with van der Waals surface area (Å²) in [5, 5.41) is 2.39. The lowest BCUT2D eigenvalue weighted by atomic mass is 10.1. The highest BCUT2D eigenvalue weighted by Gasteiger charge is 2.17. The molecular weight excluding hydrogens is 278 g/mol. The van der Waals surface area contributed by atoms with E-state index < -0.39 is 0 Å². The van der Waals surface area contributed by atoms with Crippen molar-refractivity contribution in [3.63, 3.8) is 0 Å². The monoisotopic (exact) mass is 288 g/mol. The van der Waals surface area contributed by atoms with Crippen molar-refractivity contribution in [3.8, 4) is 0 Å². The van der Waals surface area contributed by atoms with Crippen molar-refractivity contribution in [1.29, 1.82) is 0 Å². The number of rotatable bonds is 3. The van der Waals surface area contributed by atoms with Gasteiger partial charge in [0.15, 0.2) is 0 Å². The molecule has 17 heavy (non-hydrogen) atoms. The van der Waals surface area contributed by atoms with Crippen LogP contribution >= 0.6 is 34.5 Å². The van der Waals surface area contributed by atoms with Gasteiger partial charge in [0, 0.05) is 4.88 Å². The normalized spacial score (nSPS) is 12.7. The number of alkyl halides is 1. The Kier molecular flexibility index (Phi) is 4.08. The molecule has 1 aromatic carbocycles. The maximum Gasteiger partial charge on any atom is 0.126 e. The molecule has 0 saturated heterocycles. The van der Waals surface area contributed by atoms with E-state index in [1.807, 2.05) is 18.4 Å². The van der Waals surface area contributed by atoms with E-state index in [0.29, 0.717) is 17.0 Å².